The van der Waals surface area contributed by atoms with Gasteiger partial charge in [0.25, 0.3) is 20.2 Å². The van der Waals surface area contributed by atoms with Crippen LogP contribution in [0.4, 0.5) is 23.0 Å². The first-order valence-electron chi connectivity index (χ1n) is 19.4. The Hall–Kier alpha value is -8.02. The maximum Gasteiger partial charge on any atom is 0.298 e. The molecular formula is C48H38N8O6S2. The molecule has 6 aromatic carbocycles. The molecule has 4 N–H and O–H groups in total. The van der Waals surface area contributed by atoms with E-state index in [1.807, 2.05) is 12.1 Å². The van der Waals surface area contributed by atoms with Crippen molar-refractivity contribution in [1.29, 1.82) is 0 Å². The van der Waals surface area contributed by atoms with Gasteiger partial charge in [-0.05, 0) is 61.0 Å². The van der Waals surface area contributed by atoms with E-state index in [4.69, 9.17) is 0 Å². The first-order chi connectivity index (χ1) is 31.0. The third-order valence-electron chi connectivity index (χ3n) is 9.28. The molecule has 0 radical (unpaired) electrons. The van der Waals surface area contributed by atoms with Crippen molar-refractivity contribution in [2.75, 3.05) is 10.6 Å². The Kier molecular flexibility index (Phi) is 14.2. The molecule has 318 valence electrons. The molecule has 8 aromatic rings. The van der Waals surface area contributed by atoms with Crippen molar-refractivity contribution in [2.45, 2.75) is 9.79 Å². The molecule has 0 aliphatic carbocycles. The Bertz CT molecular complexity index is 3130. The zero-order chi connectivity index (χ0) is 44.8. The summed E-state index contributed by atoms with van der Waals surface area (Å²) in [5.41, 5.74) is 7.15. The number of rotatable bonds is 13. The number of hydrogen-bond acceptors (Lipinski definition) is 12. The number of hydrogen-bond donors (Lipinski definition) is 4. The summed E-state index contributed by atoms with van der Waals surface area (Å²) >= 11 is 0. The van der Waals surface area contributed by atoms with Crippen LogP contribution in [-0.4, -0.2) is 56.8 Å². The van der Waals surface area contributed by atoms with E-state index in [1.54, 1.807) is 30.3 Å². The van der Waals surface area contributed by atoms with Gasteiger partial charge in [-0.3, -0.25) is 9.11 Å². The first-order valence-corrected chi connectivity index (χ1v) is 22.3. The maximum absolute atomic E-state index is 12.5. The van der Waals surface area contributed by atoms with E-state index in [-0.39, 0.29) is 22.9 Å². The third kappa shape index (κ3) is 11.9. The quantitative estimate of drug-likeness (QED) is 0.0627. The molecule has 0 saturated heterocycles. The zero-order valence-electron chi connectivity index (χ0n) is 33.7. The van der Waals surface area contributed by atoms with E-state index >= 15 is 0 Å². The highest BCUT2D eigenvalue weighted by Gasteiger charge is 2.33. The minimum atomic E-state index is -5.28. The van der Waals surface area contributed by atoms with Crippen LogP contribution in [0.5, 0.6) is 0 Å². The van der Waals surface area contributed by atoms with Crippen molar-refractivity contribution >= 4 is 79.7 Å². The molecule has 0 amide bonds. The molecule has 2 aromatic heterocycles. The lowest BCUT2D eigenvalue weighted by atomic mass is 9.94. The lowest BCUT2D eigenvalue weighted by molar-refractivity contribution is 0.467. The Morgan fingerprint density at radius 2 is 0.922 bits per heavy atom. The van der Waals surface area contributed by atoms with Crippen LogP contribution in [0.1, 0.15) is 33.4 Å². The fourth-order valence-electron chi connectivity index (χ4n) is 6.43. The minimum absolute atomic E-state index is 0.0485. The van der Waals surface area contributed by atoms with E-state index < -0.39 is 35.7 Å². The Morgan fingerprint density at radius 3 is 1.41 bits per heavy atom. The molecule has 0 spiro atoms. The number of nitrogens with zero attached hydrogens (tertiary/aromatic N) is 6. The van der Waals surface area contributed by atoms with Crippen molar-refractivity contribution < 1.29 is 25.9 Å². The molecule has 64 heavy (non-hydrogen) atoms. The third-order valence-corrected chi connectivity index (χ3v) is 11.3. The molecule has 0 bridgehead atoms. The van der Waals surface area contributed by atoms with Gasteiger partial charge in [0.2, 0.25) is 0 Å². The summed E-state index contributed by atoms with van der Waals surface area (Å²) in [6.07, 6.45) is 14.1. The summed E-state index contributed by atoms with van der Waals surface area (Å²) in [6.45, 7) is 0. The smallest absolute Gasteiger partial charge is 0.298 e. The van der Waals surface area contributed by atoms with Gasteiger partial charge in [-0.1, -0.05) is 176 Å². The van der Waals surface area contributed by atoms with Crippen LogP contribution < -0.4 is 10.6 Å². The molecule has 0 fully saturated rings. The Balaban J connectivity index is 0.000000197. The largest absolute Gasteiger partial charge is 0.337 e. The highest BCUT2D eigenvalue weighted by Crippen LogP contribution is 2.41. The monoisotopic (exact) mass is 886 g/mol. The van der Waals surface area contributed by atoms with E-state index in [0.29, 0.717) is 5.56 Å². The minimum Gasteiger partial charge on any atom is -0.337 e. The predicted molar refractivity (Wildman–Crippen MR) is 250 cm³/mol. The normalized spacial score (nSPS) is 11.7. The van der Waals surface area contributed by atoms with Gasteiger partial charge in [-0.25, -0.2) is 0 Å². The molecule has 0 aliphatic rings. The lowest BCUT2D eigenvalue weighted by Gasteiger charge is -2.19. The van der Waals surface area contributed by atoms with Crippen LogP contribution in [0, 0.1) is 0 Å². The van der Waals surface area contributed by atoms with Gasteiger partial charge < -0.3 is 10.6 Å². The van der Waals surface area contributed by atoms with Crippen LogP contribution in [-0.2, 0) is 20.2 Å². The predicted octanol–water partition coefficient (Wildman–Crippen LogP) is 9.90. The molecule has 16 heteroatoms. The second-order valence-electron chi connectivity index (χ2n) is 13.7. The van der Waals surface area contributed by atoms with Crippen LogP contribution in [0.2, 0.25) is 0 Å². The maximum atomic E-state index is 12.5. The van der Waals surface area contributed by atoms with Crippen molar-refractivity contribution in [3.05, 3.63) is 203 Å². The van der Waals surface area contributed by atoms with Crippen LogP contribution in [0.15, 0.2) is 180 Å². The highest BCUT2D eigenvalue weighted by atomic mass is 32.2. The topological polar surface area (TPSA) is 210 Å². The number of nitrogens with one attached hydrogen (secondary N) is 2. The lowest BCUT2D eigenvalue weighted by Crippen LogP contribution is -2.15. The molecule has 0 saturated carbocycles. The Morgan fingerprint density at radius 1 is 0.453 bits per heavy atom. The second kappa shape index (κ2) is 20.7. The number of aromatic nitrogens is 6. The summed E-state index contributed by atoms with van der Waals surface area (Å²) in [4.78, 5) is -2.20. The van der Waals surface area contributed by atoms with E-state index in [9.17, 15) is 25.9 Å². The van der Waals surface area contributed by atoms with Gasteiger partial charge in [0.1, 0.15) is 9.79 Å². The van der Waals surface area contributed by atoms with E-state index in [2.05, 4.69) is 163 Å². The SMILES string of the molecule is C(=Cc1cccc(-c2ccccc2)c1C=Cc1ccccc1)c1ccccc1.O=S(=O)(O)c1c(C=Cc2ccccc2)cc(Nc2ccnnn2)c(Nc2ccnnn2)c1S(=O)(=O)O. The van der Waals surface area contributed by atoms with Crippen molar-refractivity contribution in [3.8, 4) is 11.1 Å². The highest BCUT2D eigenvalue weighted by molar-refractivity contribution is 7.89. The van der Waals surface area contributed by atoms with Gasteiger partial charge in [0.05, 0.1) is 23.8 Å². The fraction of sp³-hybridized carbons (Fsp3) is 0. The summed E-state index contributed by atoms with van der Waals surface area (Å²) in [7, 11) is -10.5. The van der Waals surface area contributed by atoms with Crippen LogP contribution in [0.3, 0.4) is 0 Å². The van der Waals surface area contributed by atoms with Gasteiger partial charge >= 0.3 is 0 Å². The molecule has 2 heterocycles. The number of anilines is 4. The Labute approximate surface area is 370 Å². The standard InChI is InChI=1S/C28H22.C20H16N8O6S2/c1-4-11-23(12-5-1)19-21-26-17-10-18-27(25-15-8-3-9-16-25)28(26)22-20-24-13-6-2-7-14-24;29-35(30,31)19-14(7-6-13-4-2-1-3-5-13)12-15(23-16-8-10-21-27-25-16)18(20(19)36(32,33)34)24-17-9-11-22-28-26-17/h1-22H;1-12H,(H,21,23,25)(H,22,24,26)(H,29,30,31)(H,32,33,34). The van der Waals surface area contributed by atoms with Gasteiger partial charge in [-0.15, -0.1) is 20.4 Å². The summed E-state index contributed by atoms with van der Waals surface area (Å²) in [5, 5.41) is 26.9. The number of benzene rings is 6. The van der Waals surface area contributed by atoms with Crippen LogP contribution >= 0.6 is 0 Å². The van der Waals surface area contributed by atoms with Gasteiger partial charge in [-0.2, -0.15) is 16.8 Å². The fourth-order valence-corrected chi connectivity index (χ4v) is 8.59. The van der Waals surface area contributed by atoms with Crippen molar-refractivity contribution in [3.63, 3.8) is 0 Å². The second-order valence-corrected chi connectivity index (χ2v) is 16.4. The summed E-state index contributed by atoms with van der Waals surface area (Å²) < 4.78 is 70.1. The molecule has 0 unspecified atom stereocenters. The summed E-state index contributed by atoms with van der Waals surface area (Å²) in [6, 6.07) is 50.6. The first kappa shape index (κ1) is 44.0. The van der Waals surface area contributed by atoms with Crippen LogP contribution in [0.25, 0.3) is 47.6 Å². The summed E-state index contributed by atoms with van der Waals surface area (Å²) in [5.74, 6) is 0.0559. The van der Waals surface area contributed by atoms with Crippen molar-refractivity contribution in [1.82, 2.24) is 30.8 Å². The van der Waals surface area contributed by atoms with Crippen molar-refractivity contribution in [2.24, 2.45) is 0 Å². The average Bonchev–Trinajstić information content (AvgIpc) is 3.31. The molecule has 8 rings (SSSR count). The molecular weight excluding hydrogens is 849 g/mol. The molecule has 0 aliphatic heterocycles. The molecule has 0 atom stereocenters. The average molecular weight is 887 g/mol. The van der Waals surface area contributed by atoms with Gasteiger partial charge in [0, 0.05) is 12.1 Å². The van der Waals surface area contributed by atoms with E-state index in [1.165, 1.54) is 76.1 Å². The van der Waals surface area contributed by atoms with Gasteiger partial charge in [0.15, 0.2) is 11.6 Å². The molecule has 14 nitrogen and oxygen atoms in total. The van der Waals surface area contributed by atoms with E-state index in [0.717, 1.165) is 0 Å². The zero-order valence-corrected chi connectivity index (χ0v) is 35.3.